The second-order valence-electron chi connectivity index (χ2n) is 6.69. The number of rotatable bonds is 6. The van der Waals surface area contributed by atoms with Gasteiger partial charge in [-0.05, 0) is 61.8 Å². The summed E-state index contributed by atoms with van der Waals surface area (Å²) in [4.78, 5) is 25.0. The molecule has 0 fully saturated rings. The van der Waals surface area contributed by atoms with Gasteiger partial charge in [0.15, 0.2) is 25.9 Å². The van der Waals surface area contributed by atoms with Crippen molar-refractivity contribution < 1.29 is 23.8 Å². The molecule has 1 aromatic heterocycles. The molecule has 0 aliphatic carbocycles. The largest absolute Gasteiger partial charge is 0.486 e. The Balaban J connectivity index is 1.38. The number of fused-ring (bicyclic) bond motifs is 1. The van der Waals surface area contributed by atoms with Crippen LogP contribution in [0.2, 0.25) is 0 Å². The number of amides is 1. The van der Waals surface area contributed by atoms with E-state index in [0.717, 1.165) is 10.0 Å². The number of hydrogen-bond donors (Lipinski definition) is 1. The highest BCUT2D eigenvalue weighted by molar-refractivity contribution is 8.00. The van der Waals surface area contributed by atoms with Crippen molar-refractivity contribution in [3.8, 4) is 17.2 Å². The van der Waals surface area contributed by atoms with Crippen molar-refractivity contribution in [1.29, 1.82) is 0 Å². The number of nitrogens with zero attached hydrogens (tertiary/aromatic N) is 2. The van der Waals surface area contributed by atoms with Crippen molar-refractivity contribution in [3.63, 3.8) is 0 Å². The van der Waals surface area contributed by atoms with Crippen LogP contribution >= 0.6 is 35.3 Å². The van der Waals surface area contributed by atoms with E-state index in [1.807, 2.05) is 6.26 Å². The molecule has 0 spiro atoms. The summed E-state index contributed by atoms with van der Waals surface area (Å²) in [7, 11) is 0. The topological polar surface area (TPSA) is 91.7 Å². The zero-order valence-corrected chi connectivity index (χ0v) is 19.6. The first-order valence-electron chi connectivity index (χ1n) is 9.60. The molecule has 1 atom stereocenters. The Hall–Kier alpha value is -2.89. The average molecular weight is 490 g/mol. The number of thioether (sulfide) groups is 1. The van der Waals surface area contributed by atoms with Crippen molar-refractivity contribution in [1.82, 2.24) is 9.78 Å². The van der Waals surface area contributed by atoms with Gasteiger partial charge in [-0.2, -0.15) is 0 Å². The molecule has 1 aliphatic heterocycles. The van der Waals surface area contributed by atoms with E-state index >= 15 is 0 Å². The lowest BCUT2D eigenvalue weighted by Crippen LogP contribution is -2.30. The molecule has 0 saturated carbocycles. The third kappa shape index (κ3) is 4.95. The maximum absolute atomic E-state index is 12.5. The van der Waals surface area contributed by atoms with Crippen molar-refractivity contribution in [2.75, 3.05) is 24.8 Å². The van der Waals surface area contributed by atoms with Gasteiger partial charge in [-0.1, -0.05) is 23.1 Å². The highest BCUT2D eigenvalue weighted by Gasteiger charge is 2.20. The molecule has 3 aromatic rings. The zero-order valence-electron chi connectivity index (χ0n) is 17.2. The molecule has 166 valence electrons. The minimum atomic E-state index is -0.994. The van der Waals surface area contributed by atoms with Gasteiger partial charge < -0.3 is 19.5 Å². The van der Waals surface area contributed by atoms with Crippen LogP contribution < -0.4 is 14.8 Å². The SMILES string of the molecule is CSc1nn(-c2ccc(C(=O)OC(C)C(=O)Nc3ccc4c(c3)OCCO4)cc2)c(=S)s1. The van der Waals surface area contributed by atoms with E-state index in [4.69, 9.17) is 26.4 Å². The first-order chi connectivity index (χ1) is 15.4. The van der Waals surface area contributed by atoms with Crippen LogP contribution in [-0.4, -0.2) is 47.2 Å². The maximum atomic E-state index is 12.5. The normalized spacial score (nSPS) is 13.3. The lowest BCUT2D eigenvalue weighted by Gasteiger charge is -2.19. The molecular weight excluding hydrogens is 470 g/mol. The number of nitrogens with one attached hydrogen (secondary N) is 1. The number of carbonyl (C=O) groups is 2. The number of aromatic nitrogens is 2. The molecule has 11 heteroatoms. The van der Waals surface area contributed by atoms with Crippen LogP contribution in [0.15, 0.2) is 46.8 Å². The van der Waals surface area contributed by atoms with E-state index in [1.54, 1.807) is 47.1 Å². The second kappa shape index (κ2) is 9.72. The number of hydrogen-bond acceptors (Lipinski definition) is 9. The minimum Gasteiger partial charge on any atom is -0.486 e. The highest BCUT2D eigenvalue weighted by atomic mass is 32.2. The molecule has 0 bridgehead atoms. The Morgan fingerprint density at radius 1 is 1.19 bits per heavy atom. The van der Waals surface area contributed by atoms with E-state index in [1.165, 1.54) is 30.0 Å². The van der Waals surface area contributed by atoms with E-state index in [0.29, 0.717) is 39.9 Å². The summed E-state index contributed by atoms with van der Waals surface area (Å²) in [6.07, 6.45) is 0.939. The minimum absolute atomic E-state index is 0.319. The fourth-order valence-corrected chi connectivity index (χ4v) is 4.67. The van der Waals surface area contributed by atoms with Gasteiger partial charge in [0, 0.05) is 11.8 Å². The Labute approximate surface area is 197 Å². The van der Waals surface area contributed by atoms with Crippen LogP contribution in [0.5, 0.6) is 11.5 Å². The van der Waals surface area contributed by atoms with Crippen molar-refractivity contribution in [3.05, 3.63) is 52.0 Å². The first kappa shape index (κ1) is 22.3. The Morgan fingerprint density at radius 2 is 1.91 bits per heavy atom. The summed E-state index contributed by atoms with van der Waals surface area (Å²) < 4.78 is 19.4. The third-order valence-corrected chi connectivity index (χ3v) is 6.72. The summed E-state index contributed by atoms with van der Waals surface area (Å²) in [6, 6.07) is 11.8. The number of esters is 1. The third-order valence-electron chi connectivity index (χ3n) is 4.51. The van der Waals surface area contributed by atoms with Gasteiger partial charge in [-0.3, -0.25) is 4.79 Å². The lowest BCUT2D eigenvalue weighted by molar-refractivity contribution is -0.123. The van der Waals surface area contributed by atoms with Crippen molar-refractivity contribution >= 4 is 52.9 Å². The Kier molecular flexibility index (Phi) is 6.77. The molecule has 0 radical (unpaired) electrons. The summed E-state index contributed by atoms with van der Waals surface area (Å²) >= 11 is 8.27. The zero-order chi connectivity index (χ0) is 22.7. The predicted octanol–water partition coefficient (Wildman–Crippen LogP) is 4.34. The van der Waals surface area contributed by atoms with Crippen molar-refractivity contribution in [2.24, 2.45) is 0 Å². The number of ether oxygens (including phenoxy) is 3. The van der Waals surface area contributed by atoms with Gasteiger partial charge >= 0.3 is 5.97 Å². The number of anilines is 1. The molecule has 1 N–H and O–H groups in total. The summed E-state index contributed by atoms with van der Waals surface area (Å²) in [5, 5.41) is 7.14. The van der Waals surface area contributed by atoms with Crippen LogP contribution in [0, 0.1) is 3.95 Å². The van der Waals surface area contributed by atoms with E-state index < -0.39 is 18.0 Å². The van der Waals surface area contributed by atoms with Gasteiger partial charge in [0.25, 0.3) is 5.91 Å². The summed E-state index contributed by atoms with van der Waals surface area (Å²) in [5.74, 6) is 0.127. The van der Waals surface area contributed by atoms with Gasteiger partial charge in [0.2, 0.25) is 0 Å². The van der Waals surface area contributed by atoms with Crippen LogP contribution in [-0.2, 0) is 9.53 Å². The van der Waals surface area contributed by atoms with E-state index in [-0.39, 0.29) is 0 Å². The fraction of sp³-hybridized carbons (Fsp3) is 0.238. The van der Waals surface area contributed by atoms with Gasteiger partial charge in [0.05, 0.1) is 11.3 Å². The molecule has 1 amide bonds. The fourth-order valence-electron chi connectivity index (χ4n) is 2.89. The first-order valence-corrected chi connectivity index (χ1v) is 12.1. The summed E-state index contributed by atoms with van der Waals surface area (Å²) in [6.45, 7) is 2.45. The van der Waals surface area contributed by atoms with Crippen LogP contribution in [0.25, 0.3) is 5.69 Å². The Bertz CT molecular complexity index is 1210. The molecule has 1 aliphatic rings. The molecule has 4 rings (SSSR count). The monoisotopic (exact) mass is 489 g/mol. The van der Waals surface area contributed by atoms with Gasteiger partial charge in [-0.15, -0.1) is 5.10 Å². The standard InChI is InChI=1S/C21H19N3O5S3/c1-12(18(25)22-14-5-8-16-17(11-14)28-10-9-27-16)29-19(26)13-3-6-15(7-4-13)24-21(30)32-20(23-24)31-2/h3-8,11-12H,9-10H2,1-2H3,(H,22,25). The van der Waals surface area contributed by atoms with Crippen LogP contribution in [0.1, 0.15) is 17.3 Å². The smallest absolute Gasteiger partial charge is 0.338 e. The molecule has 8 nitrogen and oxygen atoms in total. The van der Waals surface area contributed by atoms with Gasteiger partial charge in [0.1, 0.15) is 13.2 Å². The molecule has 2 aromatic carbocycles. The lowest BCUT2D eigenvalue weighted by atomic mass is 10.2. The molecule has 2 heterocycles. The maximum Gasteiger partial charge on any atom is 0.338 e. The number of carbonyl (C=O) groups excluding carboxylic acids is 2. The predicted molar refractivity (Wildman–Crippen MR) is 125 cm³/mol. The van der Waals surface area contributed by atoms with E-state index in [9.17, 15) is 9.59 Å². The van der Waals surface area contributed by atoms with Gasteiger partial charge in [-0.25, -0.2) is 9.48 Å². The highest BCUT2D eigenvalue weighted by Crippen LogP contribution is 2.32. The van der Waals surface area contributed by atoms with Crippen LogP contribution in [0.4, 0.5) is 5.69 Å². The quantitative estimate of drug-likeness (QED) is 0.311. The number of benzene rings is 2. The Morgan fingerprint density at radius 3 is 2.59 bits per heavy atom. The molecular formula is C21H19N3O5S3. The molecule has 1 unspecified atom stereocenters. The molecule has 0 saturated heterocycles. The van der Waals surface area contributed by atoms with E-state index in [2.05, 4.69) is 10.4 Å². The summed E-state index contributed by atoms with van der Waals surface area (Å²) in [5.41, 5.74) is 1.59. The average Bonchev–Trinajstić information content (AvgIpc) is 3.19. The van der Waals surface area contributed by atoms with Crippen molar-refractivity contribution in [2.45, 2.75) is 17.4 Å². The molecule has 32 heavy (non-hydrogen) atoms. The second-order valence-corrected chi connectivity index (χ2v) is 9.37. The van der Waals surface area contributed by atoms with Crippen LogP contribution in [0.3, 0.4) is 0 Å².